The van der Waals surface area contributed by atoms with Gasteiger partial charge in [0.25, 0.3) is 0 Å². The lowest BCUT2D eigenvalue weighted by Crippen LogP contribution is -1.98. The molecule has 0 spiro atoms. The largest absolute Gasteiger partial charge is 0.255 e. The van der Waals surface area contributed by atoms with E-state index in [-0.39, 0.29) is 0 Å². The van der Waals surface area contributed by atoms with E-state index in [2.05, 4.69) is 4.98 Å². The van der Waals surface area contributed by atoms with E-state index in [0.717, 1.165) is 0 Å². The second kappa shape index (κ2) is 3.95. The van der Waals surface area contributed by atoms with E-state index in [1.807, 2.05) is 0 Å². The van der Waals surface area contributed by atoms with Gasteiger partial charge in [0.15, 0.2) is 0 Å². The Hall–Kier alpha value is -0.120. The second-order valence-corrected chi connectivity index (χ2v) is 4.77. The molecule has 0 radical (unpaired) electrons. The van der Waals surface area contributed by atoms with Gasteiger partial charge in [-0.2, -0.15) is 0 Å². The SMILES string of the molecule is Cc1nc(C)c(Cl)c(S(C)=O)c1Cl. The van der Waals surface area contributed by atoms with Gasteiger partial charge >= 0.3 is 0 Å². The van der Waals surface area contributed by atoms with Crippen LogP contribution in [0.4, 0.5) is 0 Å². The van der Waals surface area contributed by atoms with Crippen molar-refractivity contribution < 1.29 is 4.21 Å². The van der Waals surface area contributed by atoms with Crippen molar-refractivity contribution in [2.75, 3.05) is 6.26 Å². The third-order valence-corrected chi connectivity index (χ3v) is 3.79. The molecule has 5 heteroatoms. The van der Waals surface area contributed by atoms with E-state index >= 15 is 0 Å². The maximum absolute atomic E-state index is 11.3. The van der Waals surface area contributed by atoms with Crippen LogP contribution in [0.2, 0.25) is 10.0 Å². The Bertz CT molecular complexity index is 353. The summed E-state index contributed by atoms with van der Waals surface area (Å²) >= 11 is 11.9. The summed E-state index contributed by atoms with van der Waals surface area (Å²) in [6.45, 7) is 3.53. The Kier molecular flexibility index (Phi) is 3.33. The Labute approximate surface area is 89.7 Å². The van der Waals surface area contributed by atoms with Gasteiger partial charge in [0.1, 0.15) is 0 Å². The molecule has 0 fully saturated rings. The Morgan fingerprint density at radius 1 is 1.15 bits per heavy atom. The zero-order valence-corrected chi connectivity index (χ0v) is 9.85. The van der Waals surface area contributed by atoms with Gasteiger partial charge in [0.05, 0.1) is 37.1 Å². The van der Waals surface area contributed by atoms with E-state index < -0.39 is 10.8 Å². The van der Waals surface area contributed by atoms with Gasteiger partial charge in [0.2, 0.25) is 0 Å². The van der Waals surface area contributed by atoms with Crippen molar-refractivity contribution in [3.63, 3.8) is 0 Å². The molecule has 0 aliphatic heterocycles. The van der Waals surface area contributed by atoms with Crippen LogP contribution >= 0.6 is 23.2 Å². The van der Waals surface area contributed by atoms with Gasteiger partial charge in [-0.3, -0.25) is 9.19 Å². The summed E-state index contributed by atoms with van der Waals surface area (Å²) in [6, 6.07) is 0. The summed E-state index contributed by atoms with van der Waals surface area (Å²) in [5.41, 5.74) is 1.32. The minimum atomic E-state index is -1.18. The number of hydrogen-bond acceptors (Lipinski definition) is 2. The molecule has 0 aromatic carbocycles. The quantitative estimate of drug-likeness (QED) is 0.752. The fourth-order valence-electron chi connectivity index (χ4n) is 1.03. The summed E-state index contributed by atoms with van der Waals surface area (Å²) in [5, 5.41) is 0.799. The van der Waals surface area contributed by atoms with E-state index in [4.69, 9.17) is 23.2 Å². The van der Waals surface area contributed by atoms with Crippen LogP contribution in [-0.4, -0.2) is 15.4 Å². The van der Waals surface area contributed by atoms with Gasteiger partial charge in [-0.25, -0.2) is 0 Å². The van der Waals surface area contributed by atoms with Gasteiger partial charge < -0.3 is 0 Å². The molecular weight excluding hydrogens is 229 g/mol. The van der Waals surface area contributed by atoms with Crippen LogP contribution in [0.5, 0.6) is 0 Å². The molecule has 1 atom stereocenters. The summed E-state index contributed by atoms with van der Waals surface area (Å²) < 4.78 is 11.3. The van der Waals surface area contributed by atoms with Crippen LogP contribution in [0, 0.1) is 13.8 Å². The first-order chi connectivity index (χ1) is 5.95. The molecule has 13 heavy (non-hydrogen) atoms. The number of rotatable bonds is 1. The Balaban J connectivity index is 3.56. The molecule has 1 heterocycles. The van der Waals surface area contributed by atoms with Gasteiger partial charge in [0, 0.05) is 6.26 Å². The van der Waals surface area contributed by atoms with Crippen molar-refractivity contribution in [1.82, 2.24) is 4.98 Å². The van der Waals surface area contributed by atoms with Crippen LogP contribution in [0.15, 0.2) is 4.90 Å². The zero-order valence-electron chi connectivity index (χ0n) is 7.52. The van der Waals surface area contributed by atoms with Crippen molar-refractivity contribution in [2.24, 2.45) is 0 Å². The number of aryl methyl sites for hydroxylation is 2. The minimum Gasteiger partial charge on any atom is -0.255 e. The van der Waals surface area contributed by atoms with E-state index in [9.17, 15) is 4.21 Å². The molecule has 2 nitrogen and oxygen atoms in total. The number of aromatic nitrogens is 1. The van der Waals surface area contributed by atoms with Crippen molar-refractivity contribution in [3.05, 3.63) is 21.4 Å². The zero-order chi connectivity index (χ0) is 10.2. The monoisotopic (exact) mass is 237 g/mol. The maximum atomic E-state index is 11.3. The molecular formula is C8H9Cl2NOS. The second-order valence-electron chi connectivity index (χ2n) is 2.69. The fourth-order valence-corrected chi connectivity index (χ4v) is 2.80. The van der Waals surface area contributed by atoms with Crippen molar-refractivity contribution in [2.45, 2.75) is 18.7 Å². The number of hydrogen-bond donors (Lipinski definition) is 0. The molecule has 0 aliphatic carbocycles. The van der Waals surface area contributed by atoms with Crippen LogP contribution in [-0.2, 0) is 10.8 Å². The predicted molar refractivity (Wildman–Crippen MR) is 56.1 cm³/mol. The van der Waals surface area contributed by atoms with Crippen molar-refractivity contribution >= 4 is 34.0 Å². The molecule has 72 valence electrons. The molecule has 1 unspecified atom stereocenters. The molecule has 0 aliphatic rings. The smallest absolute Gasteiger partial charge is 0.0795 e. The van der Waals surface area contributed by atoms with Crippen LogP contribution in [0.3, 0.4) is 0 Å². The molecule has 0 saturated heterocycles. The van der Waals surface area contributed by atoms with E-state index in [1.165, 1.54) is 0 Å². The third kappa shape index (κ3) is 2.03. The molecule has 0 saturated carbocycles. The molecule has 1 aromatic heterocycles. The van der Waals surface area contributed by atoms with Gasteiger partial charge in [-0.15, -0.1) is 0 Å². The van der Waals surface area contributed by atoms with Crippen molar-refractivity contribution in [1.29, 1.82) is 0 Å². The maximum Gasteiger partial charge on any atom is 0.0795 e. The minimum absolute atomic E-state index is 0.399. The lowest BCUT2D eigenvalue weighted by Gasteiger charge is -2.08. The molecule has 1 rings (SSSR count). The highest BCUT2D eigenvalue weighted by atomic mass is 35.5. The van der Waals surface area contributed by atoms with E-state index in [0.29, 0.717) is 26.3 Å². The summed E-state index contributed by atoms with van der Waals surface area (Å²) in [4.78, 5) is 4.60. The lowest BCUT2D eigenvalue weighted by molar-refractivity contribution is 0.686. The first-order valence-corrected chi connectivity index (χ1v) is 5.92. The lowest BCUT2D eigenvalue weighted by atomic mass is 10.3. The first kappa shape index (κ1) is 11.0. The highest BCUT2D eigenvalue weighted by molar-refractivity contribution is 7.84. The van der Waals surface area contributed by atoms with Crippen LogP contribution < -0.4 is 0 Å². The summed E-state index contributed by atoms with van der Waals surface area (Å²) in [5.74, 6) is 0. The third-order valence-electron chi connectivity index (χ3n) is 1.66. The summed E-state index contributed by atoms with van der Waals surface area (Å²) in [7, 11) is -1.18. The first-order valence-electron chi connectivity index (χ1n) is 3.60. The fraction of sp³-hybridized carbons (Fsp3) is 0.375. The summed E-state index contributed by atoms with van der Waals surface area (Å²) in [6.07, 6.45) is 1.55. The number of nitrogens with zero attached hydrogens (tertiary/aromatic N) is 1. The van der Waals surface area contributed by atoms with Crippen molar-refractivity contribution in [3.8, 4) is 0 Å². The highest BCUT2D eigenvalue weighted by Crippen LogP contribution is 2.30. The van der Waals surface area contributed by atoms with Crippen LogP contribution in [0.1, 0.15) is 11.4 Å². The Morgan fingerprint density at radius 2 is 1.54 bits per heavy atom. The normalized spacial score (nSPS) is 13.0. The average Bonchev–Trinajstić information content (AvgIpc) is 2.01. The average molecular weight is 238 g/mol. The standard InChI is InChI=1S/C8H9Cl2NOS/c1-4-6(9)8(13(3)12)7(10)5(2)11-4/h1-3H3. The number of pyridine rings is 1. The molecule has 0 N–H and O–H groups in total. The predicted octanol–water partition coefficient (Wildman–Crippen LogP) is 2.74. The number of halogens is 2. The molecule has 1 aromatic rings. The highest BCUT2D eigenvalue weighted by Gasteiger charge is 2.15. The van der Waals surface area contributed by atoms with Gasteiger partial charge in [-0.05, 0) is 13.8 Å². The topological polar surface area (TPSA) is 30.0 Å². The van der Waals surface area contributed by atoms with Gasteiger partial charge in [-0.1, -0.05) is 23.2 Å². The Morgan fingerprint density at radius 3 is 1.85 bits per heavy atom. The van der Waals surface area contributed by atoms with E-state index in [1.54, 1.807) is 20.1 Å². The van der Waals surface area contributed by atoms with Crippen LogP contribution in [0.25, 0.3) is 0 Å². The molecule has 0 bridgehead atoms. The molecule has 0 amide bonds.